The number of nitrogens with zero attached hydrogens (tertiary/aromatic N) is 3. The van der Waals surface area contributed by atoms with E-state index in [0.717, 1.165) is 0 Å². The van der Waals surface area contributed by atoms with Crippen molar-refractivity contribution in [2.75, 3.05) is 12.3 Å². The van der Waals surface area contributed by atoms with E-state index in [2.05, 4.69) is 15.1 Å². The number of benzene rings is 1. The van der Waals surface area contributed by atoms with Crippen LogP contribution in [0, 0.1) is 5.82 Å². The molecule has 1 aromatic carbocycles. The molecule has 0 saturated carbocycles. The Balaban J connectivity index is 1.68. The van der Waals surface area contributed by atoms with Crippen LogP contribution in [0.15, 0.2) is 42.9 Å². The fraction of sp³-hybridized carbons (Fsp3) is 0.458. The van der Waals surface area contributed by atoms with Gasteiger partial charge in [0.15, 0.2) is 11.5 Å². The lowest BCUT2D eigenvalue weighted by molar-refractivity contribution is -0.149. The van der Waals surface area contributed by atoms with Gasteiger partial charge in [0.25, 0.3) is 0 Å². The summed E-state index contributed by atoms with van der Waals surface area (Å²) in [6, 6.07) is 8.51. The number of halogens is 1. The van der Waals surface area contributed by atoms with Crippen molar-refractivity contribution in [1.29, 1.82) is 0 Å². The molecule has 2 heterocycles. The Morgan fingerprint density at radius 2 is 1.92 bits per heavy atom. The van der Waals surface area contributed by atoms with Crippen molar-refractivity contribution in [3.8, 4) is 5.75 Å². The summed E-state index contributed by atoms with van der Waals surface area (Å²) in [7, 11) is -1.71. The lowest BCUT2D eigenvalue weighted by Gasteiger charge is -2.26. The van der Waals surface area contributed by atoms with Gasteiger partial charge in [0.2, 0.25) is 0 Å². The molecule has 2 aromatic heterocycles. The summed E-state index contributed by atoms with van der Waals surface area (Å²) in [6.07, 6.45) is 2.04. The first-order valence-electron chi connectivity index (χ1n) is 11.7. The van der Waals surface area contributed by atoms with E-state index in [9.17, 15) is 9.18 Å². The molecule has 0 amide bonds. The first kappa shape index (κ1) is 27.7. The molecular weight excluding hydrogens is 488 g/mol. The highest BCUT2D eigenvalue weighted by molar-refractivity contribution is 7.45. The minimum absolute atomic E-state index is 0.0683. The fourth-order valence-electron chi connectivity index (χ4n) is 3.30. The van der Waals surface area contributed by atoms with Crippen LogP contribution >= 0.6 is 8.53 Å². The average Bonchev–Trinajstić information content (AvgIpc) is 3.19. The van der Waals surface area contributed by atoms with Crippen molar-refractivity contribution in [3.63, 3.8) is 0 Å². The van der Waals surface area contributed by atoms with E-state index in [1.54, 1.807) is 44.4 Å². The van der Waals surface area contributed by atoms with Crippen LogP contribution in [0.5, 0.6) is 5.75 Å². The molecule has 0 aliphatic heterocycles. The van der Waals surface area contributed by atoms with Crippen molar-refractivity contribution < 1.29 is 27.7 Å². The molecule has 0 radical (unpaired) electrons. The molecule has 0 aliphatic rings. The fourth-order valence-corrected chi connectivity index (χ4v) is 4.52. The third-order valence-corrected chi connectivity index (χ3v) is 6.50. The number of rotatable bonds is 13. The Bertz CT molecular complexity index is 1130. The maximum absolute atomic E-state index is 14.5. The van der Waals surface area contributed by atoms with Gasteiger partial charge in [0.1, 0.15) is 30.2 Å². The Hall–Kier alpha value is -2.85. The Kier molecular flexibility index (Phi) is 9.95. The second-order valence-electron chi connectivity index (χ2n) is 8.40. The minimum atomic E-state index is -1.71. The van der Waals surface area contributed by atoms with Gasteiger partial charge in [-0.2, -0.15) is 0 Å². The van der Waals surface area contributed by atoms with Gasteiger partial charge in [0, 0.05) is 6.20 Å². The van der Waals surface area contributed by atoms with Crippen LogP contribution in [-0.2, 0) is 18.8 Å². The van der Waals surface area contributed by atoms with Crippen LogP contribution in [-0.4, -0.2) is 45.4 Å². The molecule has 10 nitrogen and oxygen atoms in total. The number of ether oxygens (including phenoxy) is 2. The summed E-state index contributed by atoms with van der Waals surface area (Å²) in [5, 5.41) is 3.23. The number of nitrogen functional groups attached to an aromatic ring is 1. The second kappa shape index (κ2) is 12.9. The number of fused-ring (bicyclic) bond motifs is 1. The van der Waals surface area contributed by atoms with E-state index in [4.69, 9.17) is 24.3 Å². The van der Waals surface area contributed by atoms with Crippen LogP contribution in [0.25, 0.3) is 11.0 Å². The summed E-state index contributed by atoms with van der Waals surface area (Å²) in [6.45, 7) is 9.16. The molecule has 4 unspecified atom stereocenters. The van der Waals surface area contributed by atoms with Gasteiger partial charge >= 0.3 is 14.5 Å². The summed E-state index contributed by atoms with van der Waals surface area (Å²) in [5.74, 6) is -0.264. The van der Waals surface area contributed by atoms with Gasteiger partial charge < -0.3 is 28.8 Å². The Morgan fingerprint density at radius 3 is 2.58 bits per heavy atom. The third kappa shape index (κ3) is 7.33. The zero-order valence-corrected chi connectivity index (χ0v) is 21.9. The van der Waals surface area contributed by atoms with Crippen LogP contribution in [0.3, 0.4) is 0 Å². The van der Waals surface area contributed by atoms with E-state index in [-0.39, 0.29) is 30.0 Å². The standard InChI is InChI=1S/C24H33FN5O5P/c1-6-18(34-17(5)30-12-20(25)21-22(26)27-14-28-23(21)30)13-32-36(35-19-10-8-7-9-11-19)29-16(4)24(31)33-15(2)3/h7-12,14-18,29H,6,13H2,1-5H3,(H2,26,27,28). The Labute approximate surface area is 211 Å². The molecule has 3 N–H and O–H groups in total. The molecule has 196 valence electrons. The highest BCUT2D eigenvalue weighted by Crippen LogP contribution is 2.37. The largest absolute Gasteiger partial charge is 0.462 e. The number of esters is 1. The van der Waals surface area contributed by atoms with Gasteiger partial charge in [-0.1, -0.05) is 25.1 Å². The van der Waals surface area contributed by atoms with E-state index in [1.807, 2.05) is 25.1 Å². The lowest BCUT2D eigenvalue weighted by Crippen LogP contribution is -2.35. The summed E-state index contributed by atoms with van der Waals surface area (Å²) in [5.41, 5.74) is 6.16. The quantitative estimate of drug-likeness (QED) is 0.243. The van der Waals surface area contributed by atoms with Crippen molar-refractivity contribution in [2.24, 2.45) is 0 Å². The maximum atomic E-state index is 14.5. The smallest absolute Gasteiger partial charge is 0.323 e. The van der Waals surface area contributed by atoms with Gasteiger partial charge in [-0.25, -0.2) is 19.4 Å². The normalized spacial score (nSPS) is 15.0. The highest BCUT2D eigenvalue weighted by Gasteiger charge is 2.25. The molecule has 0 fully saturated rings. The van der Waals surface area contributed by atoms with E-state index in [0.29, 0.717) is 17.8 Å². The van der Waals surface area contributed by atoms with Crippen molar-refractivity contribution in [3.05, 3.63) is 48.7 Å². The van der Waals surface area contributed by atoms with E-state index < -0.39 is 32.6 Å². The second-order valence-corrected chi connectivity index (χ2v) is 9.61. The zero-order valence-electron chi connectivity index (χ0n) is 21.1. The molecular formula is C24H33FN5O5P. The third-order valence-electron chi connectivity index (χ3n) is 5.14. The molecule has 3 aromatic rings. The van der Waals surface area contributed by atoms with E-state index in [1.165, 1.54) is 12.5 Å². The molecule has 36 heavy (non-hydrogen) atoms. The zero-order chi connectivity index (χ0) is 26.2. The predicted octanol–water partition coefficient (Wildman–Crippen LogP) is 4.72. The number of anilines is 1. The average molecular weight is 522 g/mol. The molecule has 0 bridgehead atoms. The molecule has 0 spiro atoms. The number of hydrogen-bond donors (Lipinski definition) is 2. The van der Waals surface area contributed by atoms with Crippen LogP contribution in [0.1, 0.15) is 47.3 Å². The minimum Gasteiger partial charge on any atom is -0.462 e. The SMILES string of the molecule is CCC(COP(NC(C)C(=O)OC(C)C)Oc1ccccc1)OC(C)n1cc(F)c2c(N)ncnc21. The summed E-state index contributed by atoms with van der Waals surface area (Å²) < 4.78 is 39.5. The van der Waals surface area contributed by atoms with Crippen molar-refractivity contribution in [2.45, 2.75) is 65.5 Å². The summed E-state index contributed by atoms with van der Waals surface area (Å²) in [4.78, 5) is 20.3. The maximum Gasteiger partial charge on any atom is 0.323 e. The number of nitrogens with one attached hydrogen (secondary N) is 1. The van der Waals surface area contributed by atoms with Gasteiger partial charge in [-0.05, 0) is 46.2 Å². The molecule has 0 saturated heterocycles. The number of carbonyl (C=O) groups is 1. The first-order valence-corrected chi connectivity index (χ1v) is 12.9. The van der Waals surface area contributed by atoms with Crippen LogP contribution < -0.4 is 15.3 Å². The molecule has 4 atom stereocenters. The highest BCUT2D eigenvalue weighted by atomic mass is 31.2. The van der Waals surface area contributed by atoms with Crippen molar-refractivity contribution in [1.82, 2.24) is 19.6 Å². The van der Waals surface area contributed by atoms with Gasteiger partial charge in [-0.15, -0.1) is 0 Å². The van der Waals surface area contributed by atoms with Crippen molar-refractivity contribution >= 4 is 31.3 Å². The first-order chi connectivity index (χ1) is 17.2. The Morgan fingerprint density at radius 1 is 1.19 bits per heavy atom. The lowest BCUT2D eigenvalue weighted by atomic mass is 10.3. The topological polar surface area (TPSA) is 123 Å². The van der Waals surface area contributed by atoms with Crippen LogP contribution in [0.2, 0.25) is 0 Å². The number of nitrogens with two attached hydrogens (primary N) is 1. The predicted molar refractivity (Wildman–Crippen MR) is 136 cm³/mol. The summed E-state index contributed by atoms with van der Waals surface area (Å²) >= 11 is 0. The van der Waals surface area contributed by atoms with Gasteiger partial charge in [-0.3, -0.25) is 4.79 Å². The monoisotopic (exact) mass is 521 g/mol. The molecule has 3 rings (SSSR count). The molecule has 12 heteroatoms. The van der Waals surface area contributed by atoms with Gasteiger partial charge in [0.05, 0.1) is 24.2 Å². The number of hydrogen-bond acceptors (Lipinski definition) is 9. The van der Waals surface area contributed by atoms with Crippen LogP contribution in [0.4, 0.5) is 10.2 Å². The van der Waals surface area contributed by atoms with E-state index >= 15 is 0 Å². The molecule has 0 aliphatic carbocycles. The number of carbonyl (C=O) groups excluding carboxylic acids is 1. The number of aromatic nitrogens is 3. The number of para-hydroxylation sites is 1.